The van der Waals surface area contributed by atoms with Crippen molar-refractivity contribution in [2.45, 2.75) is 70.3 Å². The molecule has 1 saturated carbocycles. The van der Waals surface area contributed by atoms with E-state index >= 15 is 0 Å². The van der Waals surface area contributed by atoms with Crippen molar-refractivity contribution in [1.29, 1.82) is 0 Å². The van der Waals surface area contributed by atoms with Crippen molar-refractivity contribution in [3.8, 4) is 11.5 Å². The highest BCUT2D eigenvalue weighted by atomic mass is 16.5. The van der Waals surface area contributed by atoms with Gasteiger partial charge in [-0.15, -0.1) is 0 Å². The zero-order valence-electron chi connectivity index (χ0n) is 17.1. The fraction of sp³-hybridized carbons (Fsp3) is 0.480. The predicted molar refractivity (Wildman–Crippen MR) is 111 cm³/mol. The molecule has 1 N–H and O–H groups in total. The summed E-state index contributed by atoms with van der Waals surface area (Å²) in [7, 11) is 0. The normalized spacial score (nSPS) is 24.0. The number of phenolic OH excluding ortho intramolecular Hbond substituents is 1. The Labute approximate surface area is 167 Å². The van der Waals surface area contributed by atoms with Gasteiger partial charge in [-0.3, -0.25) is 4.79 Å². The van der Waals surface area contributed by atoms with E-state index in [1.165, 1.54) is 5.56 Å². The van der Waals surface area contributed by atoms with E-state index in [0.29, 0.717) is 30.3 Å². The summed E-state index contributed by atoms with van der Waals surface area (Å²) in [6.45, 7) is 6.43. The van der Waals surface area contributed by atoms with Crippen molar-refractivity contribution >= 4 is 5.78 Å². The molecule has 3 nitrogen and oxygen atoms in total. The maximum atomic E-state index is 12.1. The van der Waals surface area contributed by atoms with Gasteiger partial charge < -0.3 is 9.84 Å². The quantitative estimate of drug-likeness (QED) is 0.736. The van der Waals surface area contributed by atoms with Crippen molar-refractivity contribution in [3.05, 3.63) is 59.2 Å². The van der Waals surface area contributed by atoms with Gasteiger partial charge in [0.15, 0.2) is 0 Å². The van der Waals surface area contributed by atoms with E-state index in [2.05, 4.69) is 51.1 Å². The Morgan fingerprint density at radius 3 is 2.71 bits per heavy atom. The van der Waals surface area contributed by atoms with Crippen molar-refractivity contribution in [1.82, 2.24) is 0 Å². The average Bonchev–Trinajstić information content (AvgIpc) is 2.65. The highest BCUT2D eigenvalue weighted by Gasteiger charge is 2.47. The molecule has 1 fully saturated rings. The Bertz CT molecular complexity index is 869. The molecule has 0 radical (unpaired) electrons. The molecular formula is C25H30O3. The lowest BCUT2D eigenvalue weighted by Gasteiger charge is -2.47. The number of ketones is 1. The van der Waals surface area contributed by atoms with Crippen LogP contribution in [-0.2, 0) is 11.2 Å². The number of ether oxygens (including phenoxy) is 1. The number of carbonyl (C=O) groups excluding carboxylic acids is 1. The second kappa shape index (κ2) is 7.27. The monoisotopic (exact) mass is 378 g/mol. The Morgan fingerprint density at radius 1 is 1.21 bits per heavy atom. The lowest BCUT2D eigenvalue weighted by molar-refractivity contribution is -0.124. The molecule has 1 aliphatic carbocycles. The zero-order chi connectivity index (χ0) is 19.9. The van der Waals surface area contributed by atoms with Gasteiger partial charge in [0, 0.05) is 30.2 Å². The number of fused-ring (bicyclic) bond motifs is 3. The molecule has 0 saturated heterocycles. The van der Waals surface area contributed by atoms with Crippen LogP contribution >= 0.6 is 0 Å². The summed E-state index contributed by atoms with van der Waals surface area (Å²) in [4.78, 5) is 12.1. The van der Waals surface area contributed by atoms with E-state index in [9.17, 15) is 9.90 Å². The van der Waals surface area contributed by atoms with E-state index in [4.69, 9.17) is 4.74 Å². The van der Waals surface area contributed by atoms with Gasteiger partial charge in [-0.25, -0.2) is 0 Å². The number of carbonyl (C=O) groups is 1. The summed E-state index contributed by atoms with van der Waals surface area (Å²) >= 11 is 0. The average molecular weight is 379 g/mol. The summed E-state index contributed by atoms with van der Waals surface area (Å²) in [5.41, 5.74) is 2.95. The predicted octanol–water partition coefficient (Wildman–Crippen LogP) is 5.75. The minimum absolute atomic E-state index is 0.0636. The number of hydrogen-bond donors (Lipinski definition) is 1. The molecule has 0 amide bonds. The number of Topliss-reactive ketones (excluding diaryl/α,β-unsaturated/α-hetero) is 1. The van der Waals surface area contributed by atoms with Crippen LogP contribution in [0.25, 0.3) is 0 Å². The minimum Gasteiger partial charge on any atom is -0.508 e. The van der Waals surface area contributed by atoms with Crippen molar-refractivity contribution in [3.63, 3.8) is 0 Å². The van der Waals surface area contributed by atoms with Gasteiger partial charge in [0.05, 0.1) is 0 Å². The number of benzene rings is 2. The van der Waals surface area contributed by atoms with E-state index in [-0.39, 0.29) is 17.4 Å². The van der Waals surface area contributed by atoms with Crippen LogP contribution < -0.4 is 4.74 Å². The van der Waals surface area contributed by atoms with Crippen LogP contribution in [0.15, 0.2) is 42.5 Å². The van der Waals surface area contributed by atoms with E-state index in [0.717, 1.165) is 36.1 Å². The Hall–Kier alpha value is -2.29. The fourth-order valence-corrected chi connectivity index (χ4v) is 5.07. The van der Waals surface area contributed by atoms with E-state index < -0.39 is 0 Å². The van der Waals surface area contributed by atoms with Crippen molar-refractivity contribution in [2.75, 3.05) is 0 Å². The fourth-order valence-electron chi connectivity index (χ4n) is 5.07. The molecule has 1 heterocycles. The molecule has 1 aliphatic heterocycles. The van der Waals surface area contributed by atoms with Crippen LogP contribution in [-0.4, -0.2) is 16.5 Å². The van der Waals surface area contributed by atoms with Gasteiger partial charge in [-0.05, 0) is 62.3 Å². The Balaban J connectivity index is 1.61. The van der Waals surface area contributed by atoms with Gasteiger partial charge in [-0.1, -0.05) is 37.3 Å². The Kier molecular flexibility index (Phi) is 4.95. The molecule has 2 aliphatic rings. The molecule has 2 aromatic rings. The summed E-state index contributed by atoms with van der Waals surface area (Å²) in [5.74, 6) is 2.00. The van der Waals surface area contributed by atoms with Gasteiger partial charge in [-0.2, -0.15) is 0 Å². The number of rotatable bonds is 4. The van der Waals surface area contributed by atoms with Crippen LogP contribution in [0.2, 0.25) is 0 Å². The SMILES string of the molecule is CC(CCc1ccccc1)c1cc(O)c2c(c1)OC(C)(C)C1CCC(=O)CC21. The third-order valence-corrected chi connectivity index (χ3v) is 6.72. The lowest BCUT2D eigenvalue weighted by atomic mass is 9.66. The first-order chi connectivity index (χ1) is 13.3. The molecule has 148 valence electrons. The lowest BCUT2D eigenvalue weighted by Crippen LogP contribution is -2.47. The van der Waals surface area contributed by atoms with Crippen LogP contribution in [0, 0.1) is 5.92 Å². The van der Waals surface area contributed by atoms with Crippen LogP contribution in [0.5, 0.6) is 11.5 Å². The molecule has 28 heavy (non-hydrogen) atoms. The summed E-state index contributed by atoms with van der Waals surface area (Å²) in [6.07, 6.45) is 3.99. The maximum Gasteiger partial charge on any atom is 0.133 e. The largest absolute Gasteiger partial charge is 0.508 e. The van der Waals surface area contributed by atoms with Crippen LogP contribution in [0.1, 0.15) is 75.0 Å². The molecule has 3 atom stereocenters. The smallest absolute Gasteiger partial charge is 0.133 e. The molecule has 0 aromatic heterocycles. The molecule has 0 spiro atoms. The molecule has 0 bridgehead atoms. The first kappa shape index (κ1) is 19.0. The van der Waals surface area contributed by atoms with Crippen molar-refractivity contribution < 1.29 is 14.6 Å². The first-order valence-corrected chi connectivity index (χ1v) is 10.5. The highest BCUT2D eigenvalue weighted by Crippen LogP contribution is 2.54. The number of phenols is 1. The number of hydrogen-bond acceptors (Lipinski definition) is 3. The van der Waals surface area contributed by atoms with Gasteiger partial charge >= 0.3 is 0 Å². The van der Waals surface area contributed by atoms with E-state index in [1.807, 2.05) is 12.1 Å². The number of aromatic hydroxyl groups is 1. The summed E-state index contributed by atoms with van der Waals surface area (Å²) in [6, 6.07) is 14.5. The van der Waals surface area contributed by atoms with Gasteiger partial charge in [0.1, 0.15) is 22.9 Å². The summed E-state index contributed by atoms with van der Waals surface area (Å²) < 4.78 is 6.39. The topological polar surface area (TPSA) is 46.5 Å². The molecule has 3 unspecified atom stereocenters. The maximum absolute atomic E-state index is 12.1. The zero-order valence-corrected chi connectivity index (χ0v) is 17.1. The standard InChI is InChI=1S/C25H30O3/c1-16(9-10-17-7-5-4-6-8-17)18-13-22(27)24-20-15-19(26)11-12-21(20)25(2,3)28-23(24)14-18/h4-8,13-14,16,20-21,27H,9-12,15H2,1-3H3. The van der Waals surface area contributed by atoms with Crippen molar-refractivity contribution in [2.24, 2.45) is 5.92 Å². The third kappa shape index (κ3) is 3.55. The molecule has 4 rings (SSSR count). The molecular weight excluding hydrogens is 348 g/mol. The van der Waals surface area contributed by atoms with Crippen LogP contribution in [0.4, 0.5) is 0 Å². The van der Waals surface area contributed by atoms with Crippen LogP contribution in [0.3, 0.4) is 0 Å². The highest BCUT2D eigenvalue weighted by molar-refractivity contribution is 5.81. The Morgan fingerprint density at radius 2 is 1.96 bits per heavy atom. The first-order valence-electron chi connectivity index (χ1n) is 10.5. The van der Waals surface area contributed by atoms with Gasteiger partial charge in [0.25, 0.3) is 0 Å². The second-order valence-electron chi connectivity index (χ2n) is 9.08. The molecule has 2 aromatic carbocycles. The molecule has 3 heteroatoms. The third-order valence-electron chi connectivity index (χ3n) is 6.72. The second-order valence-corrected chi connectivity index (χ2v) is 9.08. The minimum atomic E-state index is -0.323. The van der Waals surface area contributed by atoms with Gasteiger partial charge in [0.2, 0.25) is 0 Å². The van der Waals surface area contributed by atoms with E-state index in [1.54, 1.807) is 0 Å². The summed E-state index contributed by atoms with van der Waals surface area (Å²) in [5, 5.41) is 10.9. The number of aryl methyl sites for hydroxylation is 1.